The van der Waals surface area contributed by atoms with Crippen LogP contribution in [0.2, 0.25) is 0 Å². The SMILES string of the molecule is CCOC(=O)C(COCOC(C)=O)(COS(=O)(=O)CCCS(=O)(=O)O)C(=O)OCC. The summed E-state index contributed by atoms with van der Waals surface area (Å²) in [6, 6.07) is 0. The molecule has 0 aliphatic carbocycles. The fourth-order valence-corrected chi connectivity index (χ4v) is 3.60. The predicted octanol–water partition coefficient (Wildman–Crippen LogP) is -0.739. The third-order valence-corrected chi connectivity index (χ3v) is 5.38. The minimum atomic E-state index is -4.41. The summed E-state index contributed by atoms with van der Waals surface area (Å²) in [5, 5.41) is 0. The van der Waals surface area contributed by atoms with Crippen LogP contribution in [-0.2, 0) is 57.8 Å². The molecule has 176 valence electrons. The van der Waals surface area contributed by atoms with Gasteiger partial charge in [0.05, 0.1) is 37.9 Å². The van der Waals surface area contributed by atoms with Gasteiger partial charge in [0.25, 0.3) is 20.2 Å². The summed E-state index contributed by atoms with van der Waals surface area (Å²) in [6.07, 6.45) is -0.490. The highest BCUT2D eigenvalue weighted by atomic mass is 32.2. The Kier molecular flexibility index (Phi) is 12.0. The zero-order valence-electron chi connectivity index (χ0n) is 16.8. The van der Waals surface area contributed by atoms with Gasteiger partial charge in [-0.1, -0.05) is 0 Å². The van der Waals surface area contributed by atoms with Crippen LogP contribution >= 0.6 is 0 Å². The number of carbonyl (C=O) groups is 3. The minimum Gasteiger partial charge on any atom is -0.465 e. The first-order valence-corrected chi connectivity index (χ1v) is 11.9. The molecule has 0 aromatic heterocycles. The lowest BCUT2D eigenvalue weighted by Gasteiger charge is -2.28. The number of esters is 3. The summed E-state index contributed by atoms with van der Waals surface area (Å²) in [6.45, 7) is 1.15. The van der Waals surface area contributed by atoms with E-state index < -0.39 is 81.5 Å². The molecule has 0 aromatic carbocycles. The first-order chi connectivity index (χ1) is 13.8. The molecule has 0 spiro atoms. The highest BCUT2D eigenvalue weighted by molar-refractivity contribution is 7.87. The van der Waals surface area contributed by atoms with Crippen molar-refractivity contribution in [2.24, 2.45) is 5.41 Å². The summed E-state index contributed by atoms with van der Waals surface area (Å²) in [5.74, 6) is -4.74. The van der Waals surface area contributed by atoms with E-state index >= 15 is 0 Å². The molecule has 0 unspecified atom stereocenters. The van der Waals surface area contributed by atoms with Gasteiger partial charge in [0.15, 0.2) is 6.79 Å². The van der Waals surface area contributed by atoms with E-state index in [0.29, 0.717) is 0 Å². The van der Waals surface area contributed by atoms with Crippen LogP contribution in [0.5, 0.6) is 0 Å². The predicted molar refractivity (Wildman–Crippen MR) is 99.1 cm³/mol. The van der Waals surface area contributed by atoms with E-state index in [-0.39, 0.29) is 13.2 Å². The van der Waals surface area contributed by atoms with Crippen LogP contribution in [0, 0.1) is 5.41 Å². The topological polar surface area (TPSA) is 186 Å². The van der Waals surface area contributed by atoms with Gasteiger partial charge in [-0.15, -0.1) is 0 Å². The second-order valence-corrected chi connectivity index (χ2v) is 9.12. The van der Waals surface area contributed by atoms with E-state index in [0.717, 1.165) is 6.92 Å². The Hall–Kier alpha value is -1.81. The van der Waals surface area contributed by atoms with Gasteiger partial charge in [-0.25, -0.2) is 0 Å². The summed E-state index contributed by atoms with van der Waals surface area (Å²) in [4.78, 5) is 35.8. The fourth-order valence-electron chi connectivity index (χ4n) is 1.91. The van der Waals surface area contributed by atoms with Gasteiger partial charge < -0.3 is 18.9 Å². The first kappa shape index (κ1) is 28.2. The lowest BCUT2D eigenvalue weighted by atomic mass is 9.90. The smallest absolute Gasteiger partial charge is 0.328 e. The Morgan fingerprint density at radius 2 is 1.40 bits per heavy atom. The lowest BCUT2D eigenvalue weighted by molar-refractivity contribution is -0.184. The molecule has 0 aliphatic rings. The Labute approximate surface area is 174 Å². The molecule has 13 nitrogen and oxygen atoms in total. The molecule has 0 saturated carbocycles. The molecule has 0 rings (SSSR count). The maximum absolute atomic E-state index is 12.5. The van der Waals surface area contributed by atoms with Gasteiger partial charge in [-0.05, 0) is 20.3 Å². The highest BCUT2D eigenvalue weighted by Crippen LogP contribution is 2.25. The van der Waals surface area contributed by atoms with E-state index in [2.05, 4.69) is 4.74 Å². The van der Waals surface area contributed by atoms with E-state index in [1.807, 2.05) is 0 Å². The second kappa shape index (κ2) is 12.8. The summed E-state index contributed by atoms with van der Waals surface area (Å²) in [5.41, 5.74) is -2.36. The van der Waals surface area contributed by atoms with Crippen molar-refractivity contribution in [3.05, 3.63) is 0 Å². The minimum absolute atomic E-state index is 0.162. The summed E-state index contributed by atoms with van der Waals surface area (Å²) >= 11 is 0. The normalized spacial score (nSPS) is 12.3. The monoisotopic (exact) mass is 478 g/mol. The van der Waals surface area contributed by atoms with Gasteiger partial charge in [-0.2, -0.15) is 16.8 Å². The van der Waals surface area contributed by atoms with Crippen molar-refractivity contribution >= 4 is 38.1 Å². The maximum Gasteiger partial charge on any atom is 0.328 e. The summed E-state index contributed by atoms with van der Waals surface area (Å²) < 4.78 is 78.0. The molecule has 0 saturated heterocycles. The number of hydrogen-bond acceptors (Lipinski definition) is 12. The molecule has 0 amide bonds. The van der Waals surface area contributed by atoms with Crippen molar-refractivity contribution in [3.8, 4) is 0 Å². The molecular weight excluding hydrogens is 452 g/mol. The summed E-state index contributed by atoms with van der Waals surface area (Å²) in [7, 11) is -8.79. The van der Waals surface area contributed by atoms with Crippen molar-refractivity contribution in [3.63, 3.8) is 0 Å². The Morgan fingerprint density at radius 3 is 1.83 bits per heavy atom. The average molecular weight is 478 g/mol. The van der Waals surface area contributed by atoms with Gasteiger partial charge in [0, 0.05) is 6.92 Å². The quantitative estimate of drug-likeness (QED) is 0.0590. The van der Waals surface area contributed by atoms with Crippen molar-refractivity contribution in [1.29, 1.82) is 0 Å². The number of hydrogen-bond donors (Lipinski definition) is 1. The fraction of sp³-hybridized carbons (Fsp3) is 0.800. The lowest BCUT2D eigenvalue weighted by Crippen LogP contribution is -2.50. The molecule has 0 aromatic rings. The standard InChI is InChI=1S/C15H26O13S2/c1-4-25-13(17)15(14(18)26-5-2,9-24-11-27-12(3)16)10-28-30(22,23)8-6-7-29(19,20)21/h4-11H2,1-3H3,(H,19,20,21). The van der Waals surface area contributed by atoms with Gasteiger partial charge in [-0.3, -0.25) is 23.1 Å². The van der Waals surface area contributed by atoms with E-state index in [1.54, 1.807) is 0 Å². The van der Waals surface area contributed by atoms with Crippen LogP contribution < -0.4 is 0 Å². The largest absolute Gasteiger partial charge is 0.465 e. The molecular formula is C15H26O13S2. The van der Waals surface area contributed by atoms with Crippen LogP contribution in [0.1, 0.15) is 27.2 Å². The average Bonchev–Trinajstić information content (AvgIpc) is 2.60. The molecule has 0 aliphatic heterocycles. The molecule has 0 bridgehead atoms. The van der Waals surface area contributed by atoms with Crippen LogP contribution in [0.15, 0.2) is 0 Å². The third kappa shape index (κ3) is 10.8. The Balaban J connectivity index is 5.52. The van der Waals surface area contributed by atoms with Crippen LogP contribution in [0.3, 0.4) is 0 Å². The van der Waals surface area contributed by atoms with E-state index in [9.17, 15) is 31.2 Å². The highest BCUT2D eigenvalue weighted by Gasteiger charge is 2.51. The van der Waals surface area contributed by atoms with Gasteiger partial charge in [0.2, 0.25) is 5.41 Å². The van der Waals surface area contributed by atoms with Crippen molar-refractivity contribution < 1.29 is 58.9 Å². The maximum atomic E-state index is 12.5. The molecule has 0 radical (unpaired) electrons. The number of ether oxygens (including phenoxy) is 4. The molecule has 0 fully saturated rings. The first-order valence-electron chi connectivity index (χ1n) is 8.67. The van der Waals surface area contributed by atoms with Crippen LogP contribution in [0.4, 0.5) is 0 Å². The van der Waals surface area contributed by atoms with Gasteiger partial charge >= 0.3 is 17.9 Å². The zero-order chi connectivity index (χ0) is 23.4. The van der Waals surface area contributed by atoms with Crippen molar-refractivity contribution in [1.82, 2.24) is 0 Å². The van der Waals surface area contributed by atoms with Crippen molar-refractivity contribution in [2.75, 3.05) is 44.7 Å². The van der Waals surface area contributed by atoms with Crippen LogP contribution in [-0.4, -0.2) is 84.0 Å². The zero-order valence-corrected chi connectivity index (χ0v) is 18.5. The van der Waals surface area contributed by atoms with E-state index in [1.165, 1.54) is 13.8 Å². The van der Waals surface area contributed by atoms with Gasteiger partial charge in [0.1, 0.15) is 0 Å². The third-order valence-electron chi connectivity index (χ3n) is 3.31. The molecule has 30 heavy (non-hydrogen) atoms. The van der Waals surface area contributed by atoms with Crippen molar-refractivity contribution in [2.45, 2.75) is 27.2 Å². The molecule has 15 heteroatoms. The molecule has 0 heterocycles. The second-order valence-electron chi connectivity index (χ2n) is 5.79. The van der Waals surface area contributed by atoms with E-state index in [4.69, 9.17) is 22.9 Å². The molecule has 0 atom stereocenters. The van der Waals surface area contributed by atoms with Crippen LogP contribution in [0.25, 0.3) is 0 Å². The number of rotatable bonds is 15. The molecule has 1 N–H and O–H groups in total. The number of carbonyl (C=O) groups excluding carboxylic acids is 3. The Morgan fingerprint density at radius 1 is 0.867 bits per heavy atom. The Bertz CT molecular complexity index is 767.